The van der Waals surface area contributed by atoms with Crippen LogP contribution in [0, 0.1) is 0 Å². The van der Waals surface area contributed by atoms with Crippen LogP contribution in [0.4, 0.5) is 0 Å². The number of rotatable bonds is 7. The molecule has 2 heterocycles. The molecule has 29 heavy (non-hydrogen) atoms. The van der Waals surface area contributed by atoms with E-state index >= 15 is 0 Å². The van der Waals surface area contributed by atoms with E-state index in [-0.39, 0.29) is 17.2 Å². The van der Waals surface area contributed by atoms with Gasteiger partial charge in [0.25, 0.3) is 5.91 Å². The number of benzene rings is 1. The standard InChI is InChI=1S/C21H23ClN4O3/c1-4-5-6-10-23-20(27)17-11-15(16-12-24-26(2)19(16)22)13-8-7-9-14(18(13)25-17)21(28)29-3/h7-9,11-12H,4-6,10H2,1-3H3,(H,23,27). The molecule has 0 radical (unpaired) electrons. The van der Waals surface area contributed by atoms with Crippen LogP contribution in [0.2, 0.25) is 5.15 Å². The van der Waals surface area contributed by atoms with Crippen LogP contribution in [-0.4, -0.2) is 40.3 Å². The van der Waals surface area contributed by atoms with E-state index in [2.05, 4.69) is 22.3 Å². The average Bonchev–Trinajstić information content (AvgIpc) is 3.07. The van der Waals surface area contributed by atoms with E-state index in [0.717, 1.165) is 19.3 Å². The molecule has 0 fully saturated rings. The van der Waals surface area contributed by atoms with Crippen molar-refractivity contribution >= 4 is 34.4 Å². The van der Waals surface area contributed by atoms with Crippen LogP contribution in [0.5, 0.6) is 0 Å². The van der Waals surface area contributed by atoms with E-state index < -0.39 is 5.97 Å². The Labute approximate surface area is 174 Å². The quantitative estimate of drug-likeness (QED) is 0.466. The van der Waals surface area contributed by atoms with Gasteiger partial charge in [0.1, 0.15) is 10.8 Å². The van der Waals surface area contributed by atoms with Gasteiger partial charge in [0.2, 0.25) is 0 Å². The van der Waals surface area contributed by atoms with Gasteiger partial charge in [-0.1, -0.05) is 43.5 Å². The van der Waals surface area contributed by atoms with Crippen molar-refractivity contribution in [3.05, 3.63) is 46.9 Å². The molecule has 0 unspecified atom stereocenters. The molecule has 1 aromatic carbocycles. The maximum absolute atomic E-state index is 12.7. The molecule has 1 amide bonds. The van der Waals surface area contributed by atoms with Gasteiger partial charge in [-0.25, -0.2) is 9.78 Å². The minimum atomic E-state index is -0.521. The first-order chi connectivity index (χ1) is 14.0. The number of carbonyl (C=O) groups excluding carboxylic acids is 2. The lowest BCUT2D eigenvalue weighted by Gasteiger charge is -2.12. The third-order valence-electron chi connectivity index (χ3n) is 4.70. The van der Waals surface area contributed by atoms with Crippen molar-refractivity contribution in [2.45, 2.75) is 26.2 Å². The highest BCUT2D eigenvalue weighted by Crippen LogP contribution is 2.34. The van der Waals surface area contributed by atoms with Crippen LogP contribution in [0.1, 0.15) is 47.0 Å². The van der Waals surface area contributed by atoms with Crippen molar-refractivity contribution in [3.8, 4) is 11.1 Å². The molecule has 2 aromatic heterocycles. The third kappa shape index (κ3) is 4.24. The second-order valence-corrected chi connectivity index (χ2v) is 7.04. The molecule has 1 N–H and O–H groups in total. The van der Waals surface area contributed by atoms with Crippen LogP contribution in [-0.2, 0) is 11.8 Å². The Balaban J connectivity index is 2.16. The molecule has 0 aliphatic rings. The largest absolute Gasteiger partial charge is 0.465 e. The number of fused-ring (bicyclic) bond motifs is 1. The van der Waals surface area contributed by atoms with Crippen molar-refractivity contribution < 1.29 is 14.3 Å². The number of aromatic nitrogens is 3. The molecular formula is C21H23ClN4O3. The number of unbranched alkanes of at least 4 members (excludes halogenated alkanes) is 2. The van der Waals surface area contributed by atoms with E-state index in [9.17, 15) is 9.59 Å². The number of aryl methyl sites for hydroxylation is 1. The van der Waals surface area contributed by atoms with Crippen LogP contribution >= 0.6 is 11.6 Å². The molecule has 152 valence electrons. The molecular weight excluding hydrogens is 392 g/mol. The molecule has 0 atom stereocenters. The summed E-state index contributed by atoms with van der Waals surface area (Å²) in [6.07, 6.45) is 4.63. The summed E-state index contributed by atoms with van der Waals surface area (Å²) in [5, 5.41) is 8.19. The van der Waals surface area contributed by atoms with Crippen molar-refractivity contribution in [2.75, 3.05) is 13.7 Å². The minimum absolute atomic E-state index is 0.209. The minimum Gasteiger partial charge on any atom is -0.465 e. The Morgan fingerprint density at radius 1 is 1.24 bits per heavy atom. The summed E-state index contributed by atoms with van der Waals surface area (Å²) in [6.45, 7) is 2.67. The molecule has 0 aliphatic heterocycles. The first-order valence-electron chi connectivity index (χ1n) is 9.46. The zero-order valence-corrected chi connectivity index (χ0v) is 17.4. The number of nitrogens with one attached hydrogen (secondary N) is 1. The maximum Gasteiger partial charge on any atom is 0.340 e. The van der Waals surface area contributed by atoms with Gasteiger partial charge in [0, 0.05) is 24.5 Å². The van der Waals surface area contributed by atoms with Gasteiger partial charge < -0.3 is 10.1 Å². The summed E-state index contributed by atoms with van der Waals surface area (Å²) >= 11 is 6.41. The van der Waals surface area contributed by atoms with Gasteiger partial charge in [-0.05, 0) is 24.1 Å². The van der Waals surface area contributed by atoms with E-state index in [1.165, 1.54) is 11.8 Å². The first-order valence-corrected chi connectivity index (χ1v) is 9.83. The Bertz CT molecular complexity index is 1060. The highest BCUT2D eigenvalue weighted by atomic mass is 35.5. The van der Waals surface area contributed by atoms with E-state index in [4.69, 9.17) is 16.3 Å². The SMILES string of the molecule is CCCCCNC(=O)c1cc(-c2cnn(C)c2Cl)c2cccc(C(=O)OC)c2n1. The topological polar surface area (TPSA) is 86.1 Å². The van der Waals surface area contributed by atoms with Crippen LogP contribution in [0.15, 0.2) is 30.5 Å². The second-order valence-electron chi connectivity index (χ2n) is 6.68. The van der Waals surface area contributed by atoms with Gasteiger partial charge in [-0.15, -0.1) is 0 Å². The molecule has 0 saturated carbocycles. The van der Waals surface area contributed by atoms with E-state index in [0.29, 0.717) is 33.7 Å². The number of methoxy groups -OCH3 is 1. The van der Waals surface area contributed by atoms with Crippen molar-refractivity contribution in [1.29, 1.82) is 0 Å². The second kappa shape index (κ2) is 9.05. The van der Waals surface area contributed by atoms with E-state index in [1.807, 2.05) is 6.07 Å². The number of hydrogen-bond acceptors (Lipinski definition) is 5. The number of halogens is 1. The predicted octanol–water partition coefficient (Wildman–Crippen LogP) is 4.00. The van der Waals surface area contributed by atoms with Crippen LogP contribution < -0.4 is 5.32 Å². The normalized spacial score (nSPS) is 10.9. The van der Waals surface area contributed by atoms with Gasteiger partial charge in [-0.2, -0.15) is 5.10 Å². The molecule has 3 aromatic rings. The fraction of sp³-hybridized carbons (Fsp3) is 0.333. The number of amides is 1. The highest BCUT2D eigenvalue weighted by molar-refractivity contribution is 6.32. The molecule has 0 aliphatic carbocycles. The lowest BCUT2D eigenvalue weighted by Crippen LogP contribution is -2.25. The number of ether oxygens (including phenoxy) is 1. The van der Waals surface area contributed by atoms with Crippen molar-refractivity contribution in [2.24, 2.45) is 7.05 Å². The summed E-state index contributed by atoms with van der Waals surface area (Å²) in [5.74, 6) is -0.823. The maximum atomic E-state index is 12.7. The summed E-state index contributed by atoms with van der Waals surface area (Å²) < 4.78 is 6.43. The summed E-state index contributed by atoms with van der Waals surface area (Å²) in [4.78, 5) is 29.5. The van der Waals surface area contributed by atoms with Gasteiger partial charge >= 0.3 is 5.97 Å². The van der Waals surface area contributed by atoms with Gasteiger partial charge in [0.15, 0.2) is 0 Å². The first kappa shape index (κ1) is 20.8. The lowest BCUT2D eigenvalue weighted by molar-refractivity contribution is 0.0602. The summed E-state index contributed by atoms with van der Waals surface area (Å²) in [6, 6.07) is 6.88. The molecule has 3 rings (SSSR count). The van der Waals surface area contributed by atoms with Crippen LogP contribution in [0.25, 0.3) is 22.0 Å². The average molecular weight is 415 g/mol. The predicted molar refractivity (Wildman–Crippen MR) is 112 cm³/mol. The number of carbonyl (C=O) groups is 2. The third-order valence-corrected chi connectivity index (χ3v) is 5.15. The molecule has 0 saturated heterocycles. The number of nitrogens with zero attached hydrogens (tertiary/aromatic N) is 3. The monoisotopic (exact) mass is 414 g/mol. The van der Waals surface area contributed by atoms with Gasteiger partial charge in [-0.3, -0.25) is 9.48 Å². The molecule has 7 nitrogen and oxygen atoms in total. The fourth-order valence-corrected chi connectivity index (χ4v) is 3.33. The van der Waals surface area contributed by atoms with Crippen LogP contribution in [0.3, 0.4) is 0 Å². The van der Waals surface area contributed by atoms with Gasteiger partial charge in [0.05, 0.1) is 24.4 Å². The number of esters is 1. The van der Waals surface area contributed by atoms with E-state index in [1.54, 1.807) is 31.4 Å². The lowest BCUT2D eigenvalue weighted by atomic mass is 10.00. The Morgan fingerprint density at radius 2 is 2.03 bits per heavy atom. The molecule has 8 heteroatoms. The number of pyridine rings is 1. The van der Waals surface area contributed by atoms with Crippen molar-refractivity contribution in [1.82, 2.24) is 20.1 Å². The highest BCUT2D eigenvalue weighted by Gasteiger charge is 2.20. The Kier molecular flexibility index (Phi) is 6.49. The smallest absolute Gasteiger partial charge is 0.340 e. The Morgan fingerprint density at radius 3 is 2.69 bits per heavy atom. The summed E-state index contributed by atoms with van der Waals surface area (Å²) in [7, 11) is 3.04. The Hall–Kier alpha value is -2.93. The van der Waals surface area contributed by atoms with Crippen molar-refractivity contribution in [3.63, 3.8) is 0 Å². The molecule has 0 spiro atoms. The zero-order chi connectivity index (χ0) is 21.0. The molecule has 0 bridgehead atoms. The summed E-state index contributed by atoms with van der Waals surface area (Å²) in [5.41, 5.74) is 2.21. The fourth-order valence-electron chi connectivity index (χ4n) is 3.13. The number of para-hydroxylation sites is 1. The zero-order valence-electron chi connectivity index (χ0n) is 16.7. The number of hydrogen-bond donors (Lipinski definition) is 1.